The Labute approximate surface area is 215 Å². The van der Waals surface area contributed by atoms with Gasteiger partial charge in [0.2, 0.25) is 5.91 Å². The summed E-state index contributed by atoms with van der Waals surface area (Å²) in [5.41, 5.74) is 4.35. The third kappa shape index (κ3) is 5.14. The Kier molecular flexibility index (Phi) is 7.32. The highest BCUT2D eigenvalue weighted by atomic mass is 32.2. The molecule has 5 rings (SSSR count). The molecule has 1 aliphatic rings. The lowest BCUT2D eigenvalue weighted by Gasteiger charge is -2.27. The van der Waals surface area contributed by atoms with Crippen LogP contribution in [-0.4, -0.2) is 37.5 Å². The van der Waals surface area contributed by atoms with Gasteiger partial charge in [-0.3, -0.25) is 14.3 Å². The molecule has 1 N–H and O–H groups in total. The van der Waals surface area contributed by atoms with Crippen LogP contribution < -0.4 is 10.1 Å². The summed E-state index contributed by atoms with van der Waals surface area (Å²) in [4.78, 5) is 17.4. The minimum absolute atomic E-state index is 0.00610. The van der Waals surface area contributed by atoms with Gasteiger partial charge in [-0.1, -0.05) is 36.0 Å². The number of amides is 1. The van der Waals surface area contributed by atoms with Crippen molar-refractivity contribution in [2.45, 2.75) is 49.6 Å². The maximum Gasteiger partial charge on any atom is 0.233 e. The van der Waals surface area contributed by atoms with Crippen LogP contribution in [0.4, 0.5) is 0 Å². The lowest BCUT2D eigenvalue weighted by atomic mass is 9.88. The Hall–Kier alpha value is -3.65. The number of ether oxygens (including phenoxy) is 1. The van der Waals surface area contributed by atoms with Crippen LogP contribution in [0, 0.1) is 0 Å². The lowest BCUT2D eigenvalue weighted by Crippen LogP contribution is -2.36. The van der Waals surface area contributed by atoms with E-state index >= 15 is 0 Å². The average Bonchev–Trinajstić information content (AvgIpc) is 3.33. The van der Waals surface area contributed by atoms with Gasteiger partial charge in [0, 0.05) is 23.6 Å². The van der Waals surface area contributed by atoms with Crippen LogP contribution in [-0.2, 0) is 11.2 Å². The van der Waals surface area contributed by atoms with Crippen molar-refractivity contribution in [3.05, 3.63) is 84.2 Å². The first-order chi connectivity index (χ1) is 17.6. The van der Waals surface area contributed by atoms with Gasteiger partial charge in [-0.15, -0.1) is 10.2 Å². The molecule has 4 aromatic rings. The Morgan fingerprint density at radius 1 is 1.11 bits per heavy atom. The maximum atomic E-state index is 13.3. The number of nitrogens with one attached hydrogen (secondary N) is 1. The molecule has 184 valence electrons. The van der Waals surface area contributed by atoms with E-state index in [1.807, 2.05) is 60.9 Å². The molecule has 2 aromatic heterocycles. The average molecular weight is 500 g/mol. The second-order valence-corrected chi connectivity index (χ2v) is 10.0. The van der Waals surface area contributed by atoms with Crippen LogP contribution in [0.5, 0.6) is 5.75 Å². The van der Waals surface area contributed by atoms with Gasteiger partial charge in [0.1, 0.15) is 5.75 Å². The topological polar surface area (TPSA) is 81.9 Å². The number of pyridine rings is 1. The molecule has 7 nitrogen and oxygen atoms in total. The van der Waals surface area contributed by atoms with Crippen LogP contribution in [0.1, 0.15) is 43.9 Å². The summed E-state index contributed by atoms with van der Waals surface area (Å²) in [5, 5.41) is 12.5. The van der Waals surface area contributed by atoms with Gasteiger partial charge < -0.3 is 10.1 Å². The largest absolute Gasteiger partial charge is 0.494 e. The molecular weight excluding hydrogens is 470 g/mol. The second kappa shape index (κ2) is 11.0. The zero-order chi connectivity index (χ0) is 24.9. The van der Waals surface area contributed by atoms with E-state index in [1.165, 1.54) is 22.9 Å². The third-order valence-corrected chi connectivity index (χ3v) is 7.36. The molecule has 0 fully saturated rings. The normalized spacial score (nSPS) is 15.7. The number of carbonyl (C=O) groups excluding carboxylic acids is 1. The summed E-state index contributed by atoms with van der Waals surface area (Å²) in [6.07, 6.45) is 6.56. The third-order valence-electron chi connectivity index (χ3n) is 6.32. The van der Waals surface area contributed by atoms with Crippen LogP contribution >= 0.6 is 11.8 Å². The van der Waals surface area contributed by atoms with Crippen LogP contribution in [0.2, 0.25) is 0 Å². The zero-order valence-electron chi connectivity index (χ0n) is 20.4. The molecule has 0 bridgehead atoms. The summed E-state index contributed by atoms with van der Waals surface area (Å²) >= 11 is 1.40. The van der Waals surface area contributed by atoms with Crippen LogP contribution in [0.15, 0.2) is 78.2 Å². The number of rotatable bonds is 8. The van der Waals surface area contributed by atoms with E-state index in [4.69, 9.17) is 4.74 Å². The molecule has 0 aliphatic heterocycles. The van der Waals surface area contributed by atoms with Gasteiger partial charge in [-0.25, -0.2) is 0 Å². The monoisotopic (exact) mass is 499 g/mol. The summed E-state index contributed by atoms with van der Waals surface area (Å²) in [6.45, 7) is 4.48. The highest BCUT2D eigenvalue weighted by Gasteiger charge is 2.26. The number of hydrogen-bond donors (Lipinski definition) is 1. The van der Waals surface area contributed by atoms with Crippen molar-refractivity contribution in [3.63, 3.8) is 0 Å². The molecular formula is C28H29N5O2S. The number of fused-ring (bicyclic) bond motifs is 1. The van der Waals surface area contributed by atoms with Gasteiger partial charge in [0.25, 0.3) is 0 Å². The smallest absolute Gasteiger partial charge is 0.233 e. The van der Waals surface area contributed by atoms with Gasteiger partial charge in [0.15, 0.2) is 11.0 Å². The van der Waals surface area contributed by atoms with Gasteiger partial charge >= 0.3 is 0 Å². The van der Waals surface area contributed by atoms with Crippen molar-refractivity contribution in [3.8, 4) is 22.8 Å². The molecule has 1 aliphatic carbocycles. The molecule has 2 atom stereocenters. The van der Waals surface area contributed by atoms with Crippen molar-refractivity contribution in [1.29, 1.82) is 0 Å². The van der Waals surface area contributed by atoms with E-state index in [-0.39, 0.29) is 17.2 Å². The number of carbonyl (C=O) groups is 1. The quantitative estimate of drug-likeness (QED) is 0.327. The number of thioether (sulfide) groups is 1. The molecule has 1 amide bonds. The van der Waals surface area contributed by atoms with E-state index in [0.29, 0.717) is 17.6 Å². The van der Waals surface area contributed by atoms with E-state index < -0.39 is 0 Å². The second-order valence-electron chi connectivity index (χ2n) is 8.72. The Bertz CT molecular complexity index is 1320. The van der Waals surface area contributed by atoms with Gasteiger partial charge in [0.05, 0.1) is 17.9 Å². The van der Waals surface area contributed by atoms with E-state index in [2.05, 4.69) is 38.7 Å². The minimum atomic E-state index is -0.352. The lowest BCUT2D eigenvalue weighted by molar-refractivity contribution is -0.121. The molecule has 8 heteroatoms. The fraction of sp³-hybridized carbons (Fsp3) is 0.286. The first kappa shape index (κ1) is 24.1. The molecule has 2 unspecified atom stereocenters. The molecule has 0 spiro atoms. The van der Waals surface area contributed by atoms with Crippen LogP contribution in [0.25, 0.3) is 17.1 Å². The molecule has 0 radical (unpaired) electrons. The molecule has 36 heavy (non-hydrogen) atoms. The number of aryl methyl sites for hydroxylation is 1. The fourth-order valence-electron chi connectivity index (χ4n) is 4.53. The van der Waals surface area contributed by atoms with Crippen molar-refractivity contribution in [1.82, 2.24) is 25.1 Å². The number of benzene rings is 2. The summed E-state index contributed by atoms with van der Waals surface area (Å²) in [7, 11) is 0. The van der Waals surface area contributed by atoms with Crippen molar-refractivity contribution < 1.29 is 9.53 Å². The predicted molar refractivity (Wildman–Crippen MR) is 141 cm³/mol. The van der Waals surface area contributed by atoms with Crippen molar-refractivity contribution in [2.75, 3.05) is 6.61 Å². The molecule has 0 saturated carbocycles. The summed E-state index contributed by atoms with van der Waals surface area (Å²) < 4.78 is 7.59. The van der Waals surface area contributed by atoms with E-state index in [0.717, 1.165) is 36.3 Å². The maximum absolute atomic E-state index is 13.3. The highest BCUT2D eigenvalue weighted by Crippen LogP contribution is 2.33. The minimum Gasteiger partial charge on any atom is -0.494 e. The van der Waals surface area contributed by atoms with Crippen molar-refractivity contribution in [2.24, 2.45) is 0 Å². The zero-order valence-corrected chi connectivity index (χ0v) is 21.2. The predicted octanol–water partition coefficient (Wildman–Crippen LogP) is 5.40. The summed E-state index contributed by atoms with van der Waals surface area (Å²) in [5.74, 6) is 1.49. The molecule has 2 aromatic carbocycles. The SMILES string of the molecule is CCOc1ccc(-n2c(SC(C)C(=O)NC3CCCc4ccccc43)nnc2-c2ccncc2)cc1. The summed E-state index contributed by atoms with van der Waals surface area (Å²) in [6, 6.07) is 20.1. The molecule has 2 heterocycles. The van der Waals surface area contributed by atoms with Gasteiger partial charge in [-0.2, -0.15) is 0 Å². The fourth-order valence-corrected chi connectivity index (χ4v) is 5.41. The number of nitrogens with zero attached hydrogens (tertiary/aromatic N) is 4. The highest BCUT2D eigenvalue weighted by molar-refractivity contribution is 8.00. The van der Waals surface area contributed by atoms with E-state index in [1.54, 1.807) is 12.4 Å². The molecule has 0 saturated heterocycles. The number of aromatic nitrogens is 4. The standard InChI is InChI=1S/C28H29N5O2S/c1-3-35-23-13-11-22(12-14-23)33-26(21-15-17-29-18-16-21)31-32-28(33)36-19(2)27(34)30-25-10-6-8-20-7-4-5-9-24(20)25/h4-5,7,9,11-19,25H,3,6,8,10H2,1-2H3,(H,30,34). The van der Waals surface area contributed by atoms with Crippen LogP contribution in [0.3, 0.4) is 0 Å². The Balaban J connectivity index is 1.40. The number of hydrogen-bond acceptors (Lipinski definition) is 6. The van der Waals surface area contributed by atoms with Gasteiger partial charge in [-0.05, 0) is 80.6 Å². The Morgan fingerprint density at radius 2 is 1.89 bits per heavy atom. The van der Waals surface area contributed by atoms with Crippen molar-refractivity contribution >= 4 is 17.7 Å². The first-order valence-electron chi connectivity index (χ1n) is 12.3. The van der Waals surface area contributed by atoms with E-state index in [9.17, 15) is 4.79 Å². The Morgan fingerprint density at radius 3 is 2.67 bits per heavy atom. The first-order valence-corrected chi connectivity index (χ1v) is 13.2.